The zero-order chi connectivity index (χ0) is 14.5. The number of phenols is 1. The van der Waals surface area contributed by atoms with Gasteiger partial charge in [0.05, 0.1) is 19.4 Å². The molecule has 6 heteroatoms. The molecule has 0 radical (unpaired) electrons. The van der Waals surface area contributed by atoms with E-state index in [1.54, 1.807) is 32.4 Å². The van der Waals surface area contributed by atoms with Crippen molar-refractivity contribution in [2.75, 3.05) is 20.8 Å². The quantitative estimate of drug-likeness (QED) is 0.847. The van der Waals surface area contributed by atoms with Crippen molar-refractivity contribution in [1.29, 1.82) is 0 Å². The zero-order valence-corrected chi connectivity index (χ0v) is 11.7. The highest BCUT2D eigenvalue weighted by Crippen LogP contribution is 2.30. The number of rotatable bonds is 6. The predicted octanol–water partition coefficient (Wildman–Crippen LogP) is 2.20. The average molecular weight is 278 g/mol. The normalized spacial score (nSPS) is 12.2. The summed E-state index contributed by atoms with van der Waals surface area (Å²) in [6, 6.07) is 6.75. The lowest BCUT2D eigenvalue weighted by atomic mass is 10.1. The number of aromatic amines is 1. The van der Waals surface area contributed by atoms with E-state index in [2.05, 4.69) is 10.2 Å². The molecule has 1 atom stereocenters. The molecule has 6 nitrogen and oxygen atoms in total. The number of H-pyrrole nitrogens is 1. The summed E-state index contributed by atoms with van der Waals surface area (Å²) in [5, 5.41) is 16.6. The minimum Gasteiger partial charge on any atom is -0.508 e. The van der Waals surface area contributed by atoms with E-state index >= 15 is 0 Å². The summed E-state index contributed by atoms with van der Waals surface area (Å²) in [5.41, 5.74) is 1.50. The van der Waals surface area contributed by atoms with Crippen LogP contribution < -0.4 is 9.47 Å². The molecular formula is C14H18N2O4. The van der Waals surface area contributed by atoms with Crippen molar-refractivity contribution in [3.05, 3.63) is 24.3 Å². The van der Waals surface area contributed by atoms with Crippen molar-refractivity contribution >= 4 is 0 Å². The van der Waals surface area contributed by atoms with Crippen LogP contribution in [-0.4, -0.2) is 42.2 Å². The van der Waals surface area contributed by atoms with Gasteiger partial charge >= 0.3 is 0 Å². The van der Waals surface area contributed by atoms with E-state index in [-0.39, 0.29) is 11.9 Å². The van der Waals surface area contributed by atoms with Crippen molar-refractivity contribution in [2.24, 2.45) is 0 Å². The summed E-state index contributed by atoms with van der Waals surface area (Å²) >= 11 is 0. The number of phenolic OH excluding ortho intramolecular Hbond substituents is 1. The Morgan fingerprint density at radius 1 is 1.25 bits per heavy atom. The molecule has 2 rings (SSSR count). The van der Waals surface area contributed by atoms with Crippen molar-refractivity contribution < 1.29 is 19.3 Å². The minimum absolute atomic E-state index is 0.106. The molecule has 2 aromatic rings. The Morgan fingerprint density at radius 3 is 2.70 bits per heavy atom. The third-order valence-corrected chi connectivity index (χ3v) is 2.70. The van der Waals surface area contributed by atoms with Gasteiger partial charge in [-0.1, -0.05) is 0 Å². The number of hydrogen-bond donors (Lipinski definition) is 2. The summed E-state index contributed by atoms with van der Waals surface area (Å²) in [6.07, 6.45) is -0.106. The Labute approximate surface area is 117 Å². The van der Waals surface area contributed by atoms with Crippen LogP contribution in [0.15, 0.2) is 24.3 Å². The molecule has 0 saturated heterocycles. The van der Waals surface area contributed by atoms with Gasteiger partial charge in [0.2, 0.25) is 5.88 Å². The fourth-order valence-corrected chi connectivity index (χ4v) is 1.86. The maximum Gasteiger partial charge on any atom is 0.232 e. The molecular weight excluding hydrogens is 260 g/mol. The SMILES string of the molecule is COC[C@H](C)Oc1cc(O)cc(-c2cc(OC)n[nH]2)c1. The lowest BCUT2D eigenvalue weighted by Gasteiger charge is -2.14. The number of ether oxygens (including phenoxy) is 3. The molecule has 1 aromatic carbocycles. The van der Waals surface area contributed by atoms with E-state index in [0.29, 0.717) is 18.2 Å². The van der Waals surface area contributed by atoms with Gasteiger partial charge in [0.1, 0.15) is 17.6 Å². The molecule has 0 fully saturated rings. The Morgan fingerprint density at radius 2 is 2.05 bits per heavy atom. The van der Waals surface area contributed by atoms with Crippen molar-refractivity contribution in [3.63, 3.8) is 0 Å². The average Bonchev–Trinajstić information content (AvgIpc) is 2.87. The van der Waals surface area contributed by atoms with Crippen molar-refractivity contribution in [1.82, 2.24) is 10.2 Å². The highest BCUT2D eigenvalue weighted by Gasteiger charge is 2.09. The summed E-state index contributed by atoms with van der Waals surface area (Å²) in [6.45, 7) is 2.37. The monoisotopic (exact) mass is 278 g/mol. The van der Waals surface area contributed by atoms with Crippen LogP contribution in [0.1, 0.15) is 6.92 Å². The molecule has 0 saturated carbocycles. The molecule has 20 heavy (non-hydrogen) atoms. The molecule has 0 aliphatic rings. The van der Waals surface area contributed by atoms with E-state index < -0.39 is 0 Å². The second-order valence-corrected chi connectivity index (χ2v) is 4.42. The molecule has 0 aliphatic heterocycles. The van der Waals surface area contributed by atoms with E-state index in [1.807, 2.05) is 13.0 Å². The summed E-state index contributed by atoms with van der Waals surface area (Å²) < 4.78 is 15.7. The Hall–Kier alpha value is -2.21. The maximum absolute atomic E-state index is 9.79. The Bertz CT molecular complexity index is 568. The van der Waals surface area contributed by atoms with Crippen LogP contribution in [0.25, 0.3) is 11.3 Å². The lowest BCUT2D eigenvalue weighted by molar-refractivity contribution is 0.0919. The third-order valence-electron chi connectivity index (χ3n) is 2.70. The molecule has 1 aromatic heterocycles. The number of aromatic nitrogens is 2. The van der Waals surface area contributed by atoms with Gasteiger partial charge in [0.25, 0.3) is 0 Å². The first-order valence-corrected chi connectivity index (χ1v) is 6.21. The third kappa shape index (κ3) is 3.42. The van der Waals surface area contributed by atoms with Gasteiger partial charge in [0, 0.05) is 24.8 Å². The molecule has 2 N–H and O–H groups in total. The number of hydrogen-bond acceptors (Lipinski definition) is 5. The van der Waals surface area contributed by atoms with Crippen LogP contribution in [0.3, 0.4) is 0 Å². The van der Waals surface area contributed by atoms with E-state index in [1.165, 1.54) is 0 Å². The van der Waals surface area contributed by atoms with Gasteiger partial charge in [-0.2, -0.15) is 0 Å². The first-order chi connectivity index (χ1) is 9.62. The summed E-state index contributed by atoms with van der Waals surface area (Å²) in [5.74, 6) is 1.17. The van der Waals surface area contributed by atoms with Crippen LogP contribution in [0, 0.1) is 0 Å². The number of aromatic hydroxyl groups is 1. The summed E-state index contributed by atoms with van der Waals surface area (Å²) in [4.78, 5) is 0. The molecule has 1 heterocycles. The first-order valence-electron chi connectivity index (χ1n) is 6.21. The van der Waals surface area contributed by atoms with Crippen molar-refractivity contribution in [2.45, 2.75) is 13.0 Å². The van der Waals surface area contributed by atoms with Gasteiger partial charge in [-0.25, -0.2) is 0 Å². The van der Waals surface area contributed by atoms with Gasteiger partial charge < -0.3 is 19.3 Å². The minimum atomic E-state index is -0.106. The van der Waals surface area contributed by atoms with Crippen LogP contribution in [0.4, 0.5) is 0 Å². The molecule has 0 aliphatic carbocycles. The largest absolute Gasteiger partial charge is 0.508 e. The standard InChI is InChI=1S/C14H18N2O4/c1-9(8-18-2)20-12-5-10(4-11(17)6-12)13-7-14(19-3)16-15-13/h4-7,9,17H,8H2,1-3H3,(H,15,16)/t9-/m0/s1. The van der Waals surface area contributed by atoms with Crippen LogP contribution in [-0.2, 0) is 4.74 Å². The topological polar surface area (TPSA) is 76.6 Å². The number of nitrogens with zero attached hydrogens (tertiary/aromatic N) is 1. The van der Waals surface area contributed by atoms with Gasteiger partial charge in [-0.3, -0.25) is 5.10 Å². The molecule has 0 bridgehead atoms. The zero-order valence-electron chi connectivity index (χ0n) is 11.7. The fraction of sp³-hybridized carbons (Fsp3) is 0.357. The molecule has 0 spiro atoms. The number of methoxy groups -OCH3 is 2. The predicted molar refractivity (Wildman–Crippen MR) is 74.2 cm³/mol. The van der Waals surface area contributed by atoms with Gasteiger partial charge in [0.15, 0.2) is 0 Å². The van der Waals surface area contributed by atoms with E-state index in [9.17, 15) is 5.11 Å². The van der Waals surface area contributed by atoms with Crippen molar-refractivity contribution in [3.8, 4) is 28.6 Å². The van der Waals surface area contributed by atoms with E-state index in [0.717, 1.165) is 11.3 Å². The summed E-state index contributed by atoms with van der Waals surface area (Å²) in [7, 11) is 3.16. The van der Waals surface area contributed by atoms with Crippen LogP contribution in [0.2, 0.25) is 0 Å². The van der Waals surface area contributed by atoms with Crippen LogP contribution in [0.5, 0.6) is 17.4 Å². The Kier molecular flexibility index (Phi) is 4.47. The highest BCUT2D eigenvalue weighted by atomic mass is 16.5. The van der Waals surface area contributed by atoms with Crippen LogP contribution >= 0.6 is 0 Å². The maximum atomic E-state index is 9.79. The number of benzene rings is 1. The second kappa shape index (κ2) is 6.29. The smallest absolute Gasteiger partial charge is 0.232 e. The molecule has 108 valence electrons. The first kappa shape index (κ1) is 14.2. The number of nitrogens with one attached hydrogen (secondary N) is 1. The Balaban J connectivity index is 2.24. The second-order valence-electron chi connectivity index (χ2n) is 4.42. The van der Waals surface area contributed by atoms with E-state index in [4.69, 9.17) is 14.2 Å². The van der Waals surface area contributed by atoms with Gasteiger partial charge in [-0.15, -0.1) is 5.10 Å². The molecule has 0 unspecified atom stereocenters. The molecule has 0 amide bonds. The highest BCUT2D eigenvalue weighted by molar-refractivity contribution is 5.64. The lowest BCUT2D eigenvalue weighted by Crippen LogP contribution is -2.17. The van der Waals surface area contributed by atoms with Gasteiger partial charge in [-0.05, 0) is 19.1 Å². The fourth-order valence-electron chi connectivity index (χ4n) is 1.86.